The zero-order chi connectivity index (χ0) is 28.9. The number of carbonyl (C=O) groups excluding carboxylic acids is 3. The molecule has 9 nitrogen and oxygen atoms in total. The highest BCUT2D eigenvalue weighted by Crippen LogP contribution is 2.34. The number of ether oxygens (including phenoxy) is 1. The van der Waals surface area contributed by atoms with Gasteiger partial charge in [0.15, 0.2) is 0 Å². The fourth-order valence-electron chi connectivity index (χ4n) is 5.43. The summed E-state index contributed by atoms with van der Waals surface area (Å²) in [4.78, 5) is 45.2. The van der Waals surface area contributed by atoms with Gasteiger partial charge < -0.3 is 20.3 Å². The number of fused-ring (bicyclic) bond motifs is 4. The molecule has 3 heterocycles. The molecule has 41 heavy (non-hydrogen) atoms. The second-order valence-electron chi connectivity index (χ2n) is 10.6. The van der Waals surface area contributed by atoms with Crippen LogP contribution >= 0.6 is 11.6 Å². The maximum atomic E-state index is 13.5. The molecule has 3 amide bonds. The lowest BCUT2D eigenvalue weighted by molar-refractivity contribution is -0.125. The van der Waals surface area contributed by atoms with Crippen molar-refractivity contribution < 1.29 is 19.1 Å². The van der Waals surface area contributed by atoms with E-state index in [1.54, 1.807) is 18.3 Å². The summed E-state index contributed by atoms with van der Waals surface area (Å²) in [6, 6.07) is 16.6. The van der Waals surface area contributed by atoms with Crippen LogP contribution in [0.3, 0.4) is 0 Å². The van der Waals surface area contributed by atoms with E-state index >= 15 is 0 Å². The van der Waals surface area contributed by atoms with Gasteiger partial charge in [0.1, 0.15) is 0 Å². The van der Waals surface area contributed by atoms with E-state index in [-0.39, 0.29) is 29.7 Å². The number of carbonyl (C=O) groups is 3. The Morgan fingerprint density at radius 3 is 2.76 bits per heavy atom. The molecule has 214 valence electrons. The molecule has 0 spiro atoms. The first-order valence-electron chi connectivity index (χ1n) is 13.9. The van der Waals surface area contributed by atoms with Gasteiger partial charge in [-0.3, -0.25) is 19.9 Å². The van der Waals surface area contributed by atoms with E-state index in [4.69, 9.17) is 16.3 Å². The molecule has 0 saturated carbocycles. The number of hydrogen-bond acceptors (Lipinski definition) is 6. The summed E-state index contributed by atoms with van der Waals surface area (Å²) in [6.45, 7) is 3.30. The van der Waals surface area contributed by atoms with Crippen LogP contribution in [-0.2, 0) is 14.3 Å². The fourth-order valence-corrected chi connectivity index (χ4v) is 5.62. The van der Waals surface area contributed by atoms with Crippen molar-refractivity contribution in [1.82, 2.24) is 10.3 Å². The number of nitrogens with zero attached hydrogens (tertiary/aromatic N) is 2. The maximum Gasteiger partial charge on any atom is 0.411 e. The average molecular weight is 576 g/mol. The van der Waals surface area contributed by atoms with E-state index in [0.717, 1.165) is 41.9 Å². The second kappa shape index (κ2) is 12.6. The summed E-state index contributed by atoms with van der Waals surface area (Å²) in [5, 5.41) is 9.64. The van der Waals surface area contributed by atoms with Gasteiger partial charge in [-0.05, 0) is 67.3 Å². The number of pyridine rings is 1. The molecular weight excluding hydrogens is 542 g/mol. The summed E-state index contributed by atoms with van der Waals surface area (Å²) in [6.07, 6.45) is 3.94. The zero-order valence-electron chi connectivity index (χ0n) is 23.2. The van der Waals surface area contributed by atoms with Crippen LogP contribution in [-0.4, -0.2) is 43.1 Å². The van der Waals surface area contributed by atoms with E-state index in [0.29, 0.717) is 35.8 Å². The molecule has 2 aliphatic heterocycles. The minimum atomic E-state index is -0.597. The summed E-state index contributed by atoms with van der Waals surface area (Å²) in [5.74, 6) is -0.500. The fraction of sp³-hybridized carbons (Fsp3) is 0.355. The molecule has 3 N–H and O–H groups in total. The Labute approximate surface area is 244 Å². The second-order valence-corrected chi connectivity index (χ2v) is 11.1. The van der Waals surface area contributed by atoms with Crippen LogP contribution in [0.5, 0.6) is 0 Å². The van der Waals surface area contributed by atoms with Gasteiger partial charge in [-0.2, -0.15) is 0 Å². The number of rotatable bonds is 4. The molecule has 2 aliphatic rings. The summed E-state index contributed by atoms with van der Waals surface area (Å²) < 4.78 is 4.71. The van der Waals surface area contributed by atoms with Gasteiger partial charge in [0.25, 0.3) is 0 Å². The lowest BCUT2D eigenvalue weighted by Gasteiger charge is -2.24. The SMILES string of the molecule is COC(=O)Nc1ccc2c(c1)NC(=O)C(C)CCCC(NC(=O)C1CCN(c3cccc(Cl)c3)C1)c1cc-2ccn1. The Balaban J connectivity index is 1.40. The quantitative estimate of drug-likeness (QED) is 0.350. The zero-order valence-corrected chi connectivity index (χ0v) is 23.9. The molecule has 3 unspecified atom stereocenters. The van der Waals surface area contributed by atoms with Gasteiger partial charge in [0.2, 0.25) is 11.8 Å². The largest absolute Gasteiger partial charge is 0.453 e. The van der Waals surface area contributed by atoms with Gasteiger partial charge in [0.05, 0.1) is 30.5 Å². The van der Waals surface area contributed by atoms with Crippen molar-refractivity contribution in [2.45, 2.75) is 38.6 Å². The van der Waals surface area contributed by atoms with E-state index in [9.17, 15) is 14.4 Å². The van der Waals surface area contributed by atoms with Crippen LogP contribution in [0.25, 0.3) is 11.1 Å². The van der Waals surface area contributed by atoms with E-state index < -0.39 is 6.09 Å². The summed E-state index contributed by atoms with van der Waals surface area (Å²) in [7, 11) is 1.29. The normalized spacial score (nSPS) is 20.6. The highest BCUT2D eigenvalue weighted by molar-refractivity contribution is 6.30. The smallest absolute Gasteiger partial charge is 0.411 e. The Morgan fingerprint density at radius 1 is 1.10 bits per heavy atom. The third-order valence-electron chi connectivity index (χ3n) is 7.78. The minimum Gasteiger partial charge on any atom is -0.453 e. The first-order valence-corrected chi connectivity index (χ1v) is 14.3. The number of benzene rings is 2. The number of halogens is 1. The van der Waals surface area contributed by atoms with Crippen molar-refractivity contribution in [3.8, 4) is 11.1 Å². The van der Waals surface area contributed by atoms with Gasteiger partial charge in [-0.15, -0.1) is 0 Å². The molecule has 2 aromatic carbocycles. The number of hydrogen-bond donors (Lipinski definition) is 3. The Morgan fingerprint density at radius 2 is 1.95 bits per heavy atom. The highest BCUT2D eigenvalue weighted by Gasteiger charge is 2.31. The van der Waals surface area contributed by atoms with Crippen molar-refractivity contribution in [2.75, 3.05) is 35.7 Å². The van der Waals surface area contributed by atoms with Gasteiger partial charge >= 0.3 is 6.09 Å². The van der Waals surface area contributed by atoms with Crippen molar-refractivity contribution in [1.29, 1.82) is 0 Å². The molecule has 3 atom stereocenters. The van der Waals surface area contributed by atoms with Crippen LogP contribution in [0, 0.1) is 11.8 Å². The lowest BCUT2D eigenvalue weighted by Crippen LogP contribution is -2.36. The van der Waals surface area contributed by atoms with Crippen LogP contribution < -0.4 is 20.9 Å². The third kappa shape index (κ3) is 6.79. The average Bonchev–Trinajstić information content (AvgIpc) is 3.47. The van der Waals surface area contributed by atoms with Crippen LogP contribution in [0.2, 0.25) is 5.02 Å². The molecule has 10 heteroatoms. The minimum absolute atomic E-state index is 0.00328. The van der Waals surface area contributed by atoms with Gasteiger partial charge in [-0.25, -0.2) is 4.79 Å². The van der Waals surface area contributed by atoms with Gasteiger partial charge in [-0.1, -0.05) is 37.1 Å². The highest BCUT2D eigenvalue weighted by atomic mass is 35.5. The molecule has 5 rings (SSSR count). The maximum absolute atomic E-state index is 13.5. The molecular formula is C31H34ClN5O4. The standard InChI is InChI=1S/C31H34ClN5O4/c1-19-5-3-8-26(35-30(39)21-12-14-37(18-21)24-7-4-6-22(32)16-24)28-15-20(11-13-33-28)25-10-9-23(34-31(40)41-2)17-27(25)36-29(19)38/h4,6-7,9-11,13,15-17,19,21,26H,3,5,8,12,14,18H2,1-2H3,(H,34,40)(H,35,39)(H,36,38). The Bertz CT molecular complexity index is 1450. The Kier molecular flexibility index (Phi) is 8.73. The molecule has 0 aliphatic carbocycles. The van der Waals surface area contributed by atoms with Gasteiger partial charge in [0, 0.05) is 47.2 Å². The van der Waals surface area contributed by atoms with Crippen LogP contribution in [0.1, 0.15) is 44.3 Å². The molecule has 2 bridgehead atoms. The monoisotopic (exact) mass is 575 g/mol. The predicted octanol–water partition coefficient (Wildman–Crippen LogP) is 6.02. The molecule has 1 fully saturated rings. The molecule has 1 aromatic heterocycles. The number of anilines is 3. The summed E-state index contributed by atoms with van der Waals surface area (Å²) >= 11 is 6.18. The van der Waals surface area contributed by atoms with Crippen molar-refractivity contribution >= 4 is 46.6 Å². The van der Waals surface area contributed by atoms with Crippen molar-refractivity contribution in [3.63, 3.8) is 0 Å². The van der Waals surface area contributed by atoms with Crippen LogP contribution in [0.4, 0.5) is 21.9 Å². The van der Waals surface area contributed by atoms with Crippen molar-refractivity contribution in [2.24, 2.45) is 11.8 Å². The Hall–Kier alpha value is -4.11. The first-order chi connectivity index (χ1) is 19.8. The molecule has 0 radical (unpaired) electrons. The van der Waals surface area contributed by atoms with E-state index in [1.807, 2.05) is 49.4 Å². The van der Waals surface area contributed by atoms with Crippen LogP contribution in [0.15, 0.2) is 60.8 Å². The lowest BCUT2D eigenvalue weighted by atomic mass is 9.95. The topological polar surface area (TPSA) is 113 Å². The molecule has 3 aromatic rings. The predicted molar refractivity (Wildman–Crippen MR) is 160 cm³/mol. The third-order valence-corrected chi connectivity index (χ3v) is 8.02. The first kappa shape index (κ1) is 28.4. The number of amides is 3. The number of methoxy groups -OCH3 is 1. The van der Waals surface area contributed by atoms with E-state index in [2.05, 4.69) is 25.8 Å². The van der Waals surface area contributed by atoms with Crippen molar-refractivity contribution in [3.05, 3.63) is 71.5 Å². The number of nitrogens with one attached hydrogen (secondary N) is 3. The molecule has 1 saturated heterocycles. The summed E-state index contributed by atoms with van der Waals surface area (Å²) in [5.41, 5.74) is 4.48. The number of aromatic nitrogens is 1. The van der Waals surface area contributed by atoms with E-state index in [1.165, 1.54) is 7.11 Å².